The van der Waals surface area contributed by atoms with E-state index in [0.717, 1.165) is 28.1 Å². The lowest BCUT2D eigenvalue weighted by atomic mass is 10.1. The van der Waals surface area contributed by atoms with E-state index in [0.29, 0.717) is 30.3 Å². The number of nitrogens with one attached hydrogen (secondary N) is 1. The molecule has 0 spiro atoms. The third-order valence-electron chi connectivity index (χ3n) is 5.04. The van der Waals surface area contributed by atoms with Gasteiger partial charge in [-0.15, -0.1) is 21.5 Å². The fourth-order valence-corrected chi connectivity index (χ4v) is 5.06. The van der Waals surface area contributed by atoms with E-state index in [-0.39, 0.29) is 5.91 Å². The fourth-order valence-electron chi connectivity index (χ4n) is 3.30. The van der Waals surface area contributed by atoms with E-state index in [1.807, 2.05) is 41.8 Å². The van der Waals surface area contributed by atoms with Gasteiger partial charge in [-0.3, -0.25) is 9.36 Å². The molecule has 2 aromatic heterocycles. The maximum absolute atomic E-state index is 12.3. The van der Waals surface area contributed by atoms with Gasteiger partial charge < -0.3 is 5.32 Å². The van der Waals surface area contributed by atoms with Crippen LogP contribution < -0.4 is 5.32 Å². The number of hydrogen-bond acceptors (Lipinski definition) is 6. The van der Waals surface area contributed by atoms with E-state index in [1.165, 1.54) is 16.9 Å². The summed E-state index contributed by atoms with van der Waals surface area (Å²) in [5.74, 6) is 1.96. The molecule has 0 fully saturated rings. The first-order chi connectivity index (χ1) is 16.1. The first kappa shape index (κ1) is 23.2. The number of benzene rings is 2. The molecule has 0 saturated carbocycles. The van der Waals surface area contributed by atoms with Gasteiger partial charge in [0.15, 0.2) is 5.16 Å². The van der Waals surface area contributed by atoms with Crippen LogP contribution in [0.4, 0.5) is 0 Å². The minimum atomic E-state index is -0.110. The number of rotatable bonds is 10. The van der Waals surface area contributed by atoms with Crippen molar-refractivity contribution in [3.63, 3.8) is 0 Å². The maximum Gasteiger partial charge on any atom is 0.270 e. The number of carbonyl (C=O) groups excluding carboxylic acids is 1. The average Bonchev–Trinajstić information content (AvgIpc) is 3.46. The van der Waals surface area contributed by atoms with Crippen LogP contribution in [-0.4, -0.2) is 32.2 Å². The van der Waals surface area contributed by atoms with Gasteiger partial charge >= 0.3 is 0 Å². The molecular weight excluding hydrogens is 450 g/mol. The van der Waals surface area contributed by atoms with Gasteiger partial charge in [0.05, 0.1) is 5.75 Å². The number of carbonyl (C=O) groups is 1. The van der Waals surface area contributed by atoms with Crippen molar-refractivity contribution in [3.8, 4) is 5.69 Å². The highest BCUT2D eigenvalue weighted by Crippen LogP contribution is 2.27. The molecule has 0 radical (unpaired) electrons. The highest BCUT2D eigenvalue weighted by molar-refractivity contribution is 7.98. The molecule has 1 N–H and O–H groups in total. The second-order valence-corrected chi connectivity index (χ2v) is 9.97. The van der Waals surface area contributed by atoms with Gasteiger partial charge in [0.1, 0.15) is 16.5 Å². The van der Waals surface area contributed by atoms with Crippen LogP contribution in [0.25, 0.3) is 5.69 Å². The Balaban J connectivity index is 1.47. The Kier molecular flexibility index (Phi) is 7.91. The molecule has 0 atom stereocenters. The van der Waals surface area contributed by atoms with Crippen molar-refractivity contribution in [2.24, 2.45) is 5.92 Å². The van der Waals surface area contributed by atoms with Crippen LogP contribution in [0.15, 0.2) is 71.2 Å². The van der Waals surface area contributed by atoms with Gasteiger partial charge in [0.2, 0.25) is 0 Å². The number of thioether (sulfide) groups is 1. The Bertz CT molecular complexity index is 1170. The number of para-hydroxylation sites is 1. The van der Waals surface area contributed by atoms with Crippen molar-refractivity contribution < 1.29 is 4.79 Å². The molecule has 6 nitrogen and oxygen atoms in total. The molecule has 2 aromatic carbocycles. The molecule has 8 heteroatoms. The summed E-state index contributed by atoms with van der Waals surface area (Å²) < 4.78 is 2.10. The standard InChI is InChI=1S/C25H27N5OS2/c1-18(2)13-14-26-24(31)21-16-32-23(27-21)17-33-25-29-28-22(15-19-9-5-3-6-10-19)30(25)20-11-7-4-8-12-20/h3-12,16,18H,13-15,17H2,1-2H3,(H,26,31). The van der Waals surface area contributed by atoms with E-state index in [4.69, 9.17) is 0 Å². The van der Waals surface area contributed by atoms with Gasteiger partial charge in [0.25, 0.3) is 5.91 Å². The molecule has 0 saturated heterocycles. The summed E-state index contributed by atoms with van der Waals surface area (Å²) in [5, 5.41) is 15.4. The summed E-state index contributed by atoms with van der Waals surface area (Å²) in [6, 6.07) is 20.4. The summed E-state index contributed by atoms with van der Waals surface area (Å²) in [6.45, 7) is 4.95. The lowest BCUT2D eigenvalue weighted by Crippen LogP contribution is -2.25. The fraction of sp³-hybridized carbons (Fsp3) is 0.280. The summed E-state index contributed by atoms with van der Waals surface area (Å²) in [4.78, 5) is 16.9. The van der Waals surface area contributed by atoms with E-state index in [1.54, 1.807) is 11.8 Å². The van der Waals surface area contributed by atoms with E-state index >= 15 is 0 Å². The molecule has 1 amide bonds. The van der Waals surface area contributed by atoms with Gasteiger partial charge in [-0.1, -0.05) is 74.1 Å². The SMILES string of the molecule is CC(C)CCNC(=O)c1csc(CSc2nnc(Cc3ccccc3)n2-c2ccccc2)n1. The van der Waals surface area contributed by atoms with Crippen molar-refractivity contribution in [2.75, 3.05) is 6.54 Å². The van der Waals surface area contributed by atoms with Crippen LogP contribution in [0.3, 0.4) is 0 Å². The number of aromatic nitrogens is 4. The molecule has 4 rings (SSSR count). The Labute approximate surface area is 202 Å². The molecule has 33 heavy (non-hydrogen) atoms. The zero-order valence-electron chi connectivity index (χ0n) is 18.8. The molecule has 2 heterocycles. The van der Waals surface area contributed by atoms with Crippen molar-refractivity contribution in [3.05, 3.63) is 88.1 Å². The number of nitrogens with zero attached hydrogens (tertiary/aromatic N) is 4. The predicted molar refractivity (Wildman–Crippen MR) is 134 cm³/mol. The third kappa shape index (κ3) is 6.30. The van der Waals surface area contributed by atoms with Gasteiger partial charge in [-0.2, -0.15) is 0 Å². The number of thiazole rings is 1. The van der Waals surface area contributed by atoms with E-state index in [9.17, 15) is 4.79 Å². The maximum atomic E-state index is 12.3. The van der Waals surface area contributed by atoms with Crippen LogP contribution in [0, 0.1) is 5.92 Å². The minimum absolute atomic E-state index is 0.110. The van der Waals surface area contributed by atoms with E-state index in [2.05, 4.69) is 63.2 Å². The van der Waals surface area contributed by atoms with Crippen LogP contribution in [0.1, 0.15) is 47.2 Å². The smallest absolute Gasteiger partial charge is 0.270 e. The van der Waals surface area contributed by atoms with Crippen molar-refractivity contribution in [2.45, 2.75) is 37.6 Å². The van der Waals surface area contributed by atoms with Gasteiger partial charge in [0, 0.05) is 24.0 Å². The molecule has 0 aliphatic rings. The van der Waals surface area contributed by atoms with Crippen molar-refractivity contribution in [1.29, 1.82) is 0 Å². The Morgan fingerprint density at radius 2 is 1.79 bits per heavy atom. The first-order valence-electron chi connectivity index (χ1n) is 11.0. The Hall–Kier alpha value is -2.97. The van der Waals surface area contributed by atoms with Crippen molar-refractivity contribution in [1.82, 2.24) is 25.1 Å². The zero-order chi connectivity index (χ0) is 23.0. The van der Waals surface area contributed by atoms with Crippen LogP contribution in [0.2, 0.25) is 0 Å². The second-order valence-electron chi connectivity index (χ2n) is 8.09. The molecule has 0 aliphatic carbocycles. The summed E-state index contributed by atoms with van der Waals surface area (Å²) in [6.07, 6.45) is 1.65. The molecule has 170 valence electrons. The predicted octanol–water partition coefficient (Wildman–Crippen LogP) is 5.38. The van der Waals surface area contributed by atoms with Gasteiger partial charge in [-0.25, -0.2) is 4.98 Å². The topological polar surface area (TPSA) is 72.7 Å². The zero-order valence-corrected chi connectivity index (χ0v) is 20.4. The minimum Gasteiger partial charge on any atom is -0.351 e. The quantitative estimate of drug-likeness (QED) is 0.310. The second kappa shape index (κ2) is 11.2. The largest absolute Gasteiger partial charge is 0.351 e. The molecule has 0 aliphatic heterocycles. The molecule has 4 aromatic rings. The molecule has 0 unspecified atom stereocenters. The number of hydrogen-bond donors (Lipinski definition) is 1. The Morgan fingerprint density at radius 3 is 2.52 bits per heavy atom. The summed E-state index contributed by atoms with van der Waals surface area (Å²) in [5.41, 5.74) is 2.70. The molecule has 0 bridgehead atoms. The van der Waals surface area contributed by atoms with Crippen LogP contribution >= 0.6 is 23.1 Å². The van der Waals surface area contributed by atoms with Crippen LogP contribution in [0.5, 0.6) is 0 Å². The number of amides is 1. The summed E-state index contributed by atoms with van der Waals surface area (Å²) in [7, 11) is 0. The highest BCUT2D eigenvalue weighted by Gasteiger charge is 2.17. The van der Waals surface area contributed by atoms with Gasteiger partial charge in [-0.05, 0) is 30.0 Å². The third-order valence-corrected chi connectivity index (χ3v) is 7.01. The lowest BCUT2D eigenvalue weighted by Gasteiger charge is -2.10. The average molecular weight is 478 g/mol. The van der Waals surface area contributed by atoms with E-state index < -0.39 is 0 Å². The van der Waals surface area contributed by atoms with Crippen molar-refractivity contribution >= 4 is 29.0 Å². The Morgan fingerprint density at radius 1 is 1.06 bits per heavy atom. The molecular formula is C25H27N5OS2. The first-order valence-corrected chi connectivity index (χ1v) is 12.9. The highest BCUT2D eigenvalue weighted by atomic mass is 32.2. The monoisotopic (exact) mass is 477 g/mol. The lowest BCUT2D eigenvalue weighted by molar-refractivity contribution is 0.0947. The normalized spacial score (nSPS) is 11.1. The van der Waals surface area contributed by atoms with Crippen LogP contribution in [-0.2, 0) is 12.2 Å². The summed E-state index contributed by atoms with van der Waals surface area (Å²) >= 11 is 3.08.